The highest BCUT2D eigenvalue weighted by molar-refractivity contribution is 5.31. The van der Waals surface area contributed by atoms with E-state index in [0.29, 0.717) is 30.7 Å². The zero-order valence-electron chi connectivity index (χ0n) is 14.6. The molecule has 6 heteroatoms. The Morgan fingerprint density at radius 1 is 1.12 bits per heavy atom. The summed E-state index contributed by atoms with van der Waals surface area (Å²) in [5, 5.41) is 8.21. The molecule has 2 heterocycles. The van der Waals surface area contributed by atoms with Crippen LogP contribution in [0.4, 0.5) is 4.39 Å². The van der Waals surface area contributed by atoms with E-state index in [-0.39, 0.29) is 11.9 Å². The van der Waals surface area contributed by atoms with Gasteiger partial charge in [0.05, 0.1) is 6.04 Å². The molecule has 134 valence electrons. The number of aryl methyl sites for hydroxylation is 1. The van der Waals surface area contributed by atoms with Crippen molar-refractivity contribution >= 4 is 0 Å². The third-order valence-corrected chi connectivity index (χ3v) is 4.63. The van der Waals surface area contributed by atoms with Crippen molar-refractivity contribution in [1.82, 2.24) is 15.1 Å². The number of hydrogen-bond acceptors (Lipinski definition) is 5. The third-order valence-electron chi connectivity index (χ3n) is 4.63. The van der Waals surface area contributed by atoms with Gasteiger partial charge in [0.2, 0.25) is 11.8 Å². The summed E-state index contributed by atoms with van der Waals surface area (Å²) < 4.78 is 24.5. The average molecular weight is 353 g/mol. The van der Waals surface area contributed by atoms with E-state index in [4.69, 9.17) is 9.15 Å². The Kier molecular flexibility index (Phi) is 4.67. The molecule has 0 aliphatic carbocycles. The van der Waals surface area contributed by atoms with Gasteiger partial charge in [-0.05, 0) is 41.8 Å². The van der Waals surface area contributed by atoms with Crippen LogP contribution in [-0.2, 0) is 13.0 Å². The zero-order valence-corrected chi connectivity index (χ0v) is 14.6. The van der Waals surface area contributed by atoms with Crippen LogP contribution in [0.2, 0.25) is 0 Å². The number of halogens is 1. The Labute approximate surface area is 151 Å². The molecule has 1 aliphatic heterocycles. The van der Waals surface area contributed by atoms with Gasteiger partial charge in [0, 0.05) is 20.0 Å². The quantitative estimate of drug-likeness (QED) is 0.700. The Morgan fingerprint density at radius 3 is 2.62 bits per heavy atom. The standard InChI is InChI=1S/C20H20FN3O2/c1-14-22-23-20(26-14)19-12-15-4-2-3-5-16(15)13-24(19)10-11-25-18-8-6-17(21)7-9-18/h2-9,19H,10-13H2,1H3/t19-/m1/s1. The number of fused-ring (bicyclic) bond motifs is 1. The molecule has 2 aromatic carbocycles. The minimum absolute atomic E-state index is 0.0305. The molecule has 5 nitrogen and oxygen atoms in total. The maximum absolute atomic E-state index is 13.0. The molecule has 0 fully saturated rings. The van der Waals surface area contributed by atoms with Crippen LogP contribution < -0.4 is 4.74 Å². The highest BCUT2D eigenvalue weighted by Gasteiger charge is 2.30. The summed E-state index contributed by atoms with van der Waals surface area (Å²) in [6.45, 7) is 3.81. The summed E-state index contributed by atoms with van der Waals surface area (Å²) in [5.74, 6) is 1.60. The van der Waals surface area contributed by atoms with E-state index in [1.54, 1.807) is 19.1 Å². The van der Waals surface area contributed by atoms with Gasteiger partial charge in [-0.3, -0.25) is 4.90 Å². The summed E-state index contributed by atoms with van der Waals surface area (Å²) in [7, 11) is 0. The second-order valence-corrected chi connectivity index (χ2v) is 6.42. The van der Waals surface area contributed by atoms with Crippen molar-refractivity contribution in [2.75, 3.05) is 13.2 Å². The van der Waals surface area contributed by atoms with Gasteiger partial charge in [-0.25, -0.2) is 4.39 Å². The predicted molar refractivity (Wildman–Crippen MR) is 94.2 cm³/mol. The van der Waals surface area contributed by atoms with Gasteiger partial charge >= 0.3 is 0 Å². The number of hydrogen-bond donors (Lipinski definition) is 0. The average Bonchev–Trinajstić information content (AvgIpc) is 3.09. The first-order chi connectivity index (χ1) is 12.7. The van der Waals surface area contributed by atoms with Crippen molar-refractivity contribution in [2.45, 2.75) is 25.9 Å². The molecular formula is C20H20FN3O2. The molecule has 0 saturated heterocycles. The molecule has 0 saturated carbocycles. The molecule has 0 radical (unpaired) electrons. The van der Waals surface area contributed by atoms with Crippen LogP contribution in [0, 0.1) is 12.7 Å². The van der Waals surface area contributed by atoms with E-state index in [9.17, 15) is 4.39 Å². The molecule has 26 heavy (non-hydrogen) atoms. The lowest BCUT2D eigenvalue weighted by Crippen LogP contribution is -2.37. The van der Waals surface area contributed by atoms with Crippen LogP contribution in [0.25, 0.3) is 0 Å². The Morgan fingerprint density at radius 2 is 1.88 bits per heavy atom. The van der Waals surface area contributed by atoms with E-state index < -0.39 is 0 Å². The number of rotatable bonds is 5. The van der Waals surface area contributed by atoms with Crippen LogP contribution in [-0.4, -0.2) is 28.2 Å². The number of nitrogens with zero attached hydrogens (tertiary/aromatic N) is 3. The van der Waals surface area contributed by atoms with Gasteiger partial charge in [0.25, 0.3) is 0 Å². The first-order valence-electron chi connectivity index (χ1n) is 8.68. The van der Waals surface area contributed by atoms with Gasteiger partial charge in [0.1, 0.15) is 18.2 Å². The Bertz CT molecular complexity index is 879. The Balaban J connectivity index is 1.48. The van der Waals surface area contributed by atoms with E-state index >= 15 is 0 Å². The minimum Gasteiger partial charge on any atom is -0.492 e. The first kappa shape index (κ1) is 16.7. The molecule has 0 N–H and O–H groups in total. The zero-order chi connectivity index (χ0) is 17.9. The molecule has 1 aliphatic rings. The summed E-state index contributed by atoms with van der Waals surface area (Å²) in [5.41, 5.74) is 2.62. The largest absolute Gasteiger partial charge is 0.492 e. The highest BCUT2D eigenvalue weighted by Crippen LogP contribution is 2.32. The fraction of sp³-hybridized carbons (Fsp3) is 0.300. The van der Waals surface area contributed by atoms with Crippen molar-refractivity contribution in [3.63, 3.8) is 0 Å². The van der Waals surface area contributed by atoms with Crippen molar-refractivity contribution < 1.29 is 13.5 Å². The fourth-order valence-corrected chi connectivity index (χ4v) is 3.31. The summed E-state index contributed by atoms with van der Waals surface area (Å²) in [6, 6.07) is 14.5. The first-order valence-corrected chi connectivity index (χ1v) is 8.68. The predicted octanol–water partition coefficient (Wildman–Crippen LogP) is 3.70. The molecule has 0 unspecified atom stereocenters. The second-order valence-electron chi connectivity index (χ2n) is 6.42. The third kappa shape index (κ3) is 3.60. The molecule has 1 aromatic heterocycles. The minimum atomic E-state index is -0.267. The topological polar surface area (TPSA) is 51.4 Å². The molecule has 3 aromatic rings. The maximum Gasteiger partial charge on any atom is 0.233 e. The van der Waals surface area contributed by atoms with Crippen LogP contribution in [0.15, 0.2) is 52.9 Å². The lowest BCUT2D eigenvalue weighted by molar-refractivity contribution is 0.120. The lowest BCUT2D eigenvalue weighted by Gasteiger charge is -2.34. The van der Waals surface area contributed by atoms with E-state index in [1.807, 2.05) is 0 Å². The van der Waals surface area contributed by atoms with Gasteiger partial charge in [-0.2, -0.15) is 0 Å². The smallest absolute Gasteiger partial charge is 0.233 e. The summed E-state index contributed by atoms with van der Waals surface area (Å²) in [4.78, 5) is 2.29. The molecular weight excluding hydrogens is 333 g/mol. The number of benzene rings is 2. The van der Waals surface area contributed by atoms with Gasteiger partial charge in [-0.15, -0.1) is 10.2 Å². The fourth-order valence-electron chi connectivity index (χ4n) is 3.31. The molecule has 0 bridgehead atoms. The van der Waals surface area contributed by atoms with Gasteiger partial charge in [0.15, 0.2) is 0 Å². The summed E-state index contributed by atoms with van der Waals surface area (Å²) >= 11 is 0. The van der Waals surface area contributed by atoms with Crippen molar-refractivity contribution in [1.29, 1.82) is 0 Å². The van der Waals surface area contributed by atoms with Gasteiger partial charge < -0.3 is 9.15 Å². The van der Waals surface area contributed by atoms with Crippen LogP contribution in [0.5, 0.6) is 5.75 Å². The summed E-state index contributed by atoms with van der Waals surface area (Å²) in [6.07, 6.45) is 0.828. The highest BCUT2D eigenvalue weighted by atomic mass is 19.1. The normalized spacial score (nSPS) is 17.1. The van der Waals surface area contributed by atoms with Crippen LogP contribution >= 0.6 is 0 Å². The molecule has 4 rings (SSSR count). The second kappa shape index (κ2) is 7.25. The van der Waals surface area contributed by atoms with Crippen LogP contribution in [0.1, 0.15) is 29.0 Å². The van der Waals surface area contributed by atoms with E-state index in [2.05, 4.69) is 39.4 Å². The van der Waals surface area contributed by atoms with E-state index in [0.717, 1.165) is 13.0 Å². The van der Waals surface area contributed by atoms with Crippen molar-refractivity contribution in [3.8, 4) is 5.75 Å². The Hall–Kier alpha value is -2.73. The molecule has 0 amide bonds. The molecule has 1 atom stereocenters. The van der Waals surface area contributed by atoms with Crippen molar-refractivity contribution in [3.05, 3.63) is 77.3 Å². The lowest BCUT2D eigenvalue weighted by atomic mass is 9.94. The maximum atomic E-state index is 13.0. The number of aromatic nitrogens is 2. The monoisotopic (exact) mass is 353 g/mol. The van der Waals surface area contributed by atoms with Crippen molar-refractivity contribution in [2.24, 2.45) is 0 Å². The van der Waals surface area contributed by atoms with Crippen LogP contribution in [0.3, 0.4) is 0 Å². The van der Waals surface area contributed by atoms with Gasteiger partial charge in [-0.1, -0.05) is 24.3 Å². The molecule has 0 spiro atoms. The SMILES string of the molecule is Cc1nnc([C@H]2Cc3ccccc3CN2CCOc2ccc(F)cc2)o1. The number of ether oxygens (including phenoxy) is 1. The van der Waals surface area contributed by atoms with E-state index in [1.165, 1.54) is 23.3 Å².